The van der Waals surface area contributed by atoms with Crippen LogP contribution in [0.15, 0.2) is 71.8 Å². The third kappa shape index (κ3) is 10.1. The number of rotatable bonds is 9. The van der Waals surface area contributed by atoms with Crippen molar-refractivity contribution < 1.29 is 4.79 Å². The normalized spacial score (nSPS) is 14.9. The molecule has 1 atom stereocenters. The van der Waals surface area contributed by atoms with E-state index in [4.69, 9.17) is 15.7 Å². The minimum Gasteiger partial charge on any atom is -0.369 e. The van der Waals surface area contributed by atoms with E-state index >= 15 is 0 Å². The van der Waals surface area contributed by atoms with Gasteiger partial charge in [0.05, 0.1) is 16.5 Å². The number of benzene rings is 2. The first-order valence-electron chi connectivity index (χ1n) is 17.3. The molecule has 5 rings (SSSR count). The zero-order chi connectivity index (χ0) is 33.2. The Hall–Kier alpha value is -3.36. The number of carbonyl (C=O) groups excluding carboxylic acids is 1. The zero-order valence-electron chi connectivity index (χ0n) is 28.6. The van der Waals surface area contributed by atoms with Crippen molar-refractivity contribution in [3.8, 4) is 21.7 Å². The van der Waals surface area contributed by atoms with Crippen molar-refractivity contribution in [2.45, 2.75) is 96.9 Å². The third-order valence-corrected chi connectivity index (χ3v) is 10.7. The first-order chi connectivity index (χ1) is 22.7. The van der Waals surface area contributed by atoms with Gasteiger partial charge in [0.25, 0.3) is 0 Å². The summed E-state index contributed by atoms with van der Waals surface area (Å²) in [6, 6.07) is 24.0. The molecule has 2 aromatic carbocycles. The van der Waals surface area contributed by atoms with Crippen molar-refractivity contribution >= 4 is 40.1 Å². The standard InChI is InChI=1S/C39H51N5OS2/c1-5-15-31(37(40)45)27-44-25-11-7-6-8-18-29-19-9-10-21-32(29)35-36(30-20-12-16-28(26-30)17-14-24-39(2,3)4)46-38(42-35)43-47-34-23-13-22-33(44)41-34/h9-10,12-13,16,19-23,26,31H,5-8,11,14-15,17-18,24-25,27H2,1-4H3,(H2,40,45)(H,42,43). The van der Waals surface area contributed by atoms with Gasteiger partial charge in [-0.3, -0.25) is 4.79 Å². The molecule has 3 heterocycles. The lowest BCUT2D eigenvalue weighted by atomic mass is 9.89. The van der Waals surface area contributed by atoms with E-state index in [1.807, 2.05) is 18.2 Å². The monoisotopic (exact) mass is 669 g/mol. The number of fused-ring (bicyclic) bond motifs is 6. The highest BCUT2D eigenvalue weighted by atomic mass is 32.2. The Kier molecular flexibility index (Phi) is 12.4. The molecule has 0 radical (unpaired) electrons. The summed E-state index contributed by atoms with van der Waals surface area (Å²) in [4.78, 5) is 26.0. The van der Waals surface area contributed by atoms with Crippen LogP contribution in [0.5, 0.6) is 0 Å². The van der Waals surface area contributed by atoms with E-state index in [0.29, 0.717) is 12.0 Å². The minimum atomic E-state index is -0.230. The molecule has 1 amide bonds. The number of nitrogens with one attached hydrogen (secondary N) is 1. The SMILES string of the molecule is CCCC(CN1CCCCCCc2ccccc2-c2nc(sc2-c2cccc(CCCC(C)(C)C)c2)NSc2cccc1n2)C(N)=O. The van der Waals surface area contributed by atoms with E-state index in [0.717, 1.165) is 79.6 Å². The number of thiazole rings is 1. The Bertz CT molecular complexity index is 1610. The molecule has 8 heteroatoms. The summed E-state index contributed by atoms with van der Waals surface area (Å²) < 4.78 is 3.54. The number of amides is 1. The van der Waals surface area contributed by atoms with Crippen LogP contribution < -0.4 is 15.4 Å². The van der Waals surface area contributed by atoms with Crippen LogP contribution in [0.25, 0.3) is 21.7 Å². The summed E-state index contributed by atoms with van der Waals surface area (Å²) >= 11 is 3.19. The quantitative estimate of drug-likeness (QED) is 0.173. The summed E-state index contributed by atoms with van der Waals surface area (Å²) in [5.41, 5.74) is 12.4. The predicted molar refractivity (Wildman–Crippen MR) is 201 cm³/mol. The topological polar surface area (TPSA) is 84.1 Å². The predicted octanol–water partition coefficient (Wildman–Crippen LogP) is 10.2. The Balaban J connectivity index is 1.47. The average Bonchev–Trinajstić information content (AvgIpc) is 3.48. The molecule has 1 aliphatic rings. The van der Waals surface area contributed by atoms with Crippen LogP contribution >= 0.6 is 23.3 Å². The Morgan fingerprint density at radius 3 is 2.62 bits per heavy atom. The number of nitrogens with two attached hydrogens (primary N) is 1. The van der Waals surface area contributed by atoms with Crippen molar-refractivity contribution in [1.82, 2.24) is 9.97 Å². The number of hydrogen-bond acceptors (Lipinski definition) is 7. The van der Waals surface area contributed by atoms with E-state index < -0.39 is 0 Å². The first-order valence-corrected chi connectivity index (χ1v) is 19.0. The van der Waals surface area contributed by atoms with Crippen LogP contribution in [0.3, 0.4) is 0 Å². The summed E-state index contributed by atoms with van der Waals surface area (Å²) in [5.74, 6) is 0.470. The van der Waals surface area contributed by atoms with Gasteiger partial charge >= 0.3 is 0 Å². The lowest BCUT2D eigenvalue weighted by molar-refractivity contribution is -0.121. The highest BCUT2D eigenvalue weighted by molar-refractivity contribution is 8.00. The molecule has 0 aliphatic carbocycles. The average molecular weight is 670 g/mol. The number of pyridine rings is 1. The summed E-state index contributed by atoms with van der Waals surface area (Å²) in [7, 11) is 0. The molecule has 250 valence electrons. The lowest BCUT2D eigenvalue weighted by Gasteiger charge is -2.27. The Morgan fingerprint density at radius 1 is 1.00 bits per heavy atom. The minimum absolute atomic E-state index is 0.189. The summed E-state index contributed by atoms with van der Waals surface area (Å²) in [6.07, 6.45) is 10.6. The fourth-order valence-electron chi connectivity index (χ4n) is 6.34. The molecule has 3 N–H and O–H groups in total. The van der Waals surface area contributed by atoms with Gasteiger partial charge in [0.1, 0.15) is 10.8 Å². The van der Waals surface area contributed by atoms with Gasteiger partial charge < -0.3 is 15.4 Å². The molecule has 47 heavy (non-hydrogen) atoms. The highest BCUT2D eigenvalue weighted by Crippen LogP contribution is 2.42. The van der Waals surface area contributed by atoms with Crippen LogP contribution in [0.2, 0.25) is 0 Å². The lowest BCUT2D eigenvalue weighted by Crippen LogP contribution is -2.37. The zero-order valence-corrected chi connectivity index (χ0v) is 30.2. The van der Waals surface area contributed by atoms with Crippen LogP contribution in [0.4, 0.5) is 10.9 Å². The Labute approximate surface area is 290 Å². The van der Waals surface area contributed by atoms with E-state index in [-0.39, 0.29) is 11.8 Å². The van der Waals surface area contributed by atoms with Crippen LogP contribution in [-0.4, -0.2) is 29.0 Å². The molecule has 0 saturated carbocycles. The Morgan fingerprint density at radius 2 is 1.81 bits per heavy atom. The smallest absolute Gasteiger partial charge is 0.222 e. The van der Waals surface area contributed by atoms with Crippen molar-refractivity contribution in [1.29, 1.82) is 0 Å². The molecule has 6 nitrogen and oxygen atoms in total. The van der Waals surface area contributed by atoms with Gasteiger partial charge in [0.2, 0.25) is 5.91 Å². The first kappa shape index (κ1) is 35.0. The molecule has 0 spiro atoms. The van der Waals surface area contributed by atoms with E-state index in [9.17, 15) is 4.79 Å². The number of hydrogen-bond donors (Lipinski definition) is 2. The van der Waals surface area contributed by atoms with E-state index in [1.165, 1.54) is 51.9 Å². The van der Waals surface area contributed by atoms with Crippen LogP contribution in [0, 0.1) is 11.3 Å². The maximum absolute atomic E-state index is 12.3. The molecular formula is C39H51N5OS2. The van der Waals surface area contributed by atoms with E-state index in [1.54, 1.807) is 11.3 Å². The molecule has 1 aliphatic heterocycles. The second kappa shape index (κ2) is 16.6. The molecule has 1 unspecified atom stereocenters. The molecule has 0 saturated heterocycles. The second-order valence-electron chi connectivity index (χ2n) is 14.0. The second-order valence-corrected chi connectivity index (χ2v) is 15.8. The molecule has 0 fully saturated rings. The molecule has 4 aromatic rings. The molecular weight excluding hydrogens is 619 g/mol. The number of aromatic nitrogens is 2. The third-order valence-electron chi connectivity index (χ3n) is 8.86. The van der Waals surface area contributed by atoms with Crippen molar-refractivity contribution in [2.75, 3.05) is 22.7 Å². The summed E-state index contributed by atoms with van der Waals surface area (Å²) in [5, 5.41) is 1.72. The van der Waals surface area contributed by atoms with Gasteiger partial charge in [0, 0.05) is 30.6 Å². The van der Waals surface area contributed by atoms with Crippen molar-refractivity contribution in [3.63, 3.8) is 0 Å². The maximum Gasteiger partial charge on any atom is 0.222 e. The van der Waals surface area contributed by atoms with Gasteiger partial charge in [-0.05, 0) is 79.2 Å². The van der Waals surface area contributed by atoms with Gasteiger partial charge in [-0.1, -0.05) is 113 Å². The van der Waals surface area contributed by atoms with Crippen LogP contribution in [-0.2, 0) is 17.6 Å². The fraction of sp³-hybridized carbons (Fsp3) is 0.462. The number of aryl methyl sites for hydroxylation is 2. The molecule has 2 aromatic heterocycles. The van der Waals surface area contributed by atoms with Gasteiger partial charge in [0.15, 0.2) is 5.13 Å². The maximum atomic E-state index is 12.3. The van der Waals surface area contributed by atoms with Gasteiger partial charge in [-0.25, -0.2) is 9.97 Å². The largest absolute Gasteiger partial charge is 0.369 e. The van der Waals surface area contributed by atoms with Crippen molar-refractivity contribution in [3.05, 3.63) is 77.9 Å². The van der Waals surface area contributed by atoms with E-state index in [2.05, 4.69) is 85.8 Å². The fourth-order valence-corrected chi connectivity index (χ4v) is 7.99. The summed E-state index contributed by atoms with van der Waals surface area (Å²) in [6.45, 7) is 10.5. The number of nitrogens with zero attached hydrogens (tertiary/aromatic N) is 3. The van der Waals surface area contributed by atoms with Crippen molar-refractivity contribution in [2.24, 2.45) is 17.1 Å². The van der Waals surface area contributed by atoms with Gasteiger partial charge in [-0.2, -0.15) is 0 Å². The number of primary amides is 1. The number of anilines is 2. The number of carbonyl (C=O) groups is 1. The van der Waals surface area contributed by atoms with Crippen LogP contribution in [0.1, 0.15) is 90.2 Å². The molecule has 4 bridgehead atoms. The highest BCUT2D eigenvalue weighted by Gasteiger charge is 2.22. The van der Waals surface area contributed by atoms with Gasteiger partial charge in [-0.15, -0.1) is 0 Å².